The summed E-state index contributed by atoms with van der Waals surface area (Å²) in [6.07, 6.45) is 3.17. The van der Waals surface area contributed by atoms with Crippen molar-refractivity contribution in [3.63, 3.8) is 0 Å². The van der Waals surface area contributed by atoms with Crippen molar-refractivity contribution >= 4 is 11.6 Å². The second-order valence-corrected chi connectivity index (χ2v) is 3.96. The van der Waals surface area contributed by atoms with Gasteiger partial charge in [-0.2, -0.15) is 0 Å². The van der Waals surface area contributed by atoms with E-state index < -0.39 is 5.41 Å². The van der Waals surface area contributed by atoms with Crippen LogP contribution in [0.1, 0.15) is 46.0 Å². The Morgan fingerprint density at radius 1 is 1.29 bits per heavy atom. The Morgan fingerprint density at radius 3 is 2.36 bits per heavy atom. The van der Waals surface area contributed by atoms with E-state index in [0.717, 1.165) is 12.8 Å². The van der Waals surface area contributed by atoms with Gasteiger partial charge in [0.25, 0.3) is 0 Å². The van der Waals surface area contributed by atoms with Crippen molar-refractivity contribution in [2.24, 2.45) is 5.41 Å². The number of hydrogen-bond donors (Lipinski definition) is 0. The molecular formula is C12H16O2. The van der Waals surface area contributed by atoms with Gasteiger partial charge in [0.1, 0.15) is 11.6 Å². The summed E-state index contributed by atoms with van der Waals surface area (Å²) in [5, 5.41) is 0. The molecule has 2 nitrogen and oxygen atoms in total. The molecule has 1 rings (SSSR count). The molecule has 1 saturated carbocycles. The first-order valence-corrected chi connectivity index (χ1v) is 5.07. The monoisotopic (exact) mass is 192 g/mol. The molecule has 0 aromatic carbocycles. The Balaban J connectivity index is 2.51. The molecule has 0 saturated heterocycles. The second-order valence-electron chi connectivity index (χ2n) is 3.96. The van der Waals surface area contributed by atoms with Gasteiger partial charge in [-0.05, 0) is 26.7 Å². The molecule has 0 radical (unpaired) electrons. The lowest BCUT2D eigenvalue weighted by Gasteiger charge is -2.19. The van der Waals surface area contributed by atoms with E-state index in [4.69, 9.17) is 0 Å². The summed E-state index contributed by atoms with van der Waals surface area (Å²) in [6.45, 7) is 3.58. The van der Waals surface area contributed by atoms with Gasteiger partial charge in [0.2, 0.25) is 0 Å². The maximum Gasteiger partial charge on any atom is 0.146 e. The van der Waals surface area contributed by atoms with Gasteiger partial charge in [0.15, 0.2) is 0 Å². The topological polar surface area (TPSA) is 34.1 Å². The van der Waals surface area contributed by atoms with Gasteiger partial charge in [0, 0.05) is 19.3 Å². The quantitative estimate of drug-likeness (QED) is 0.390. The van der Waals surface area contributed by atoms with E-state index in [9.17, 15) is 9.59 Å². The van der Waals surface area contributed by atoms with Gasteiger partial charge in [-0.15, -0.1) is 11.8 Å². The first-order chi connectivity index (χ1) is 6.61. The number of ketones is 2. The highest BCUT2D eigenvalue weighted by Crippen LogP contribution is 2.35. The molecule has 1 fully saturated rings. The van der Waals surface area contributed by atoms with Crippen LogP contribution < -0.4 is 0 Å². The number of Topliss-reactive ketones (excluding diaryl/α,β-unsaturated/α-hetero) is 2. The average Bonchev–Trinajstić information content (AvgIpc) is 2.42. The van der Waals surface area contributed by atoms with E-state index >= 15 is 0 Å². The van der Waals surface area contributed by atoms with E-state index in [-0.39, 0.29) is 11.6 Å². The highest BCUT2D eigenvalue weighted by Gasteiger charge is 2.44. The minimum absolute atomic E-state index is 0.118. The molecule has 0 bridgehead atoms. The molecule has 0 atom stereocenters. The third kappa shape index (κ3) is 2.04. The molecule has 0 amide bonds. The number of carbonyl (C=O) groups excluding carboxylic acids is 2. The van der Waals surface area contributed by atoms with Crippen LogP contribution in [0, 0.1) is 17.3 Å². The molecular weight excluding hydrogens is 176 g/mol. The lowest BCUT2D eigenvalue weighted by molar-refractivity contribution is -0.134. The predicted octanol–water partition coefficient (Wildman–Crippen LogP) is 2.12. The van der Waals surface area contributed by atoms with Crippen LogP contribution >= 0.6 is 0 Å². The normalized spacial score (nSPS) is 19.3. The number of carbonyl (C=O) groups is 2. The van der Waals surface area contributed by atoms with Crippen molar-refractivity contribution in [3.8, 4) is 11.8 Å². The fourth-order valence-electron chi connectivity index (χ4n) is 1.87. The molecule has 1 aliphatic rings. The average molecular weight is 192 g/mol. The first kappa shape index (κ1) is 11.0. The van der Waals surface area contributed by atoms with Crippen LogP contribution in [-0.4, -0.2) is 11.6 Å². The maximum absolute atomic E-state index is 11.5. The van der Waals surface area contributed by atoms with Crippen molar-refractivity contribution in [2.45, 2.75) is 46.0 Å². The van der Waals surface area contributed by atoms with Crippen molar-refractivity contribution in [2.75, 3.05) is 0 Å². The predicted molar refractivity (Wildman–Crippen MR) is 54.7 cm³/mol. The standard InChI is InChI=1S/C12H16O2/c1-3-4-5-6-9-12(2)10(13)7-8-11(12)14/h5-9H2,1-2H3. The van der Waals surface area contributed by atoms with Gasteiger partial charge in [-0.3, -0.25) is 9.59 Å². The van der Waals surface area contributed by atoms with Gasteiger partial charge >= 0.3 is 0 Å². The molecule has 0 heterocycles. The Hall–Kier alpha value is -1.10. The van der Waals surface area contributed by atoms with Gasteiger partial charge in [-0.25, -0.2) is 0 Å². The highest BCUT2D eigenvalue weighted by atomic mass is 16.2. The van der Waals surface area contributed by atoms with Gasteiger partial charge < -0.3 is 0 Å². The zero-order chi connectivity index (χ0) is 10.6. The van der Waals surface area contributed by atoms with Gasteiger partial charge in [-0.1, -0.05) is 0 Å². The summed E-state index contributed by atoms with van der Waals surface area (Å²) in [4.78, 5) is 23.0. The van der Waals surface area contributed by atoms with Crippen LogP contribution in [0.15, 0.2) is 0 Å². The summed E-state index contributed by atoms with van der Waals surface area (Å²) in [6, 6.07) is 0. The highest BCUT2D eigenvalue weighted by molar-refractivity contribution is 6.12. The molecule has 0 aliphatic heterocycles. The van der Waals surface area contributed by atoms with E-state index in [1.807, 2.05) is 0 Å². The number of hydrogen-bond acceptors (Lipinski definition) is 2. The lowest BCUT2D eigenvalue weighted by Crippen LogP contribution is -2.28. The van der Waals surface area contributed by atoms with E-state index in [1.54, 1.807) is 13.8 Å². The Morgan fingerprint density at radius 2 is 1.86 bits per heavy atom. The van der Waals surface area contributed by atoms with Crippen molar-refractivity contribution < 1.29 is 9.59 Å². The van der Waals surface area contributed by atoms with Crippen molar-refractivity contribution in [1.29, 1.82) is 0 Å². The zero-order valence-corrected chi connectivity index (χ0v) is 8.85. The molecule has 1 aliphatic carbocycles. The van der Waals surface area contributed by atoms with Crippen LogP contribution in [-0.2, 0) is 9.59 Å². The van der Waals surface area contributed by atoms with Crippen LogP contribution in [0.5, 0.6) is 0 Å². The summed E-state index contributed by atoms with van der Waals surface area (Å²) < 4.78 is 0. The maximum atomic E-state index is 11.5. The third-order valence-electron chi connectivity index (χ3n) is 2.97. The fraction of sp³-hybridized carbons (Fsp3) is 0.667. The SMILES string of the molecule is CC#CCCCC1(C)C(=O)CCC1=O. The third-order valence-corrected chi connectivity index (χ3v) is 2.97. The van der Waals surface area contributed by atoms with Crippen LogP contribution in [0.2, 0.25) is 0 Å². The first-order valence-electron chi connectivity index (χ1n) is 5.07. The molecule has 0 spiro atoms. The molecule has 76 valence electrons. The van der Waals surface area contributed by atoms with E-state index in [0.29, 0.717) is 19.3 Å². The fourth-order valence-corrected chi connectivity index (χ4v) is 1.87. The minimum atomic E-state index is -0.685. The van der Waals surface area contributed by atoms with Gasteiger partial charge in [0.05, 0.1) is 5.41 Å². The molecule has 0 N–H and O–H groups in total. The smallest absolute Gasteiger partial charge is 0.146 e. The van der Waals surface area contributed by atoms with Crippen LogP contribution in [0.25, 0.3) is 0 Å². The van der Waals surface area contributed by atoms with Crippen LogP contribution in [0.3, 0.4) is 0 Å². The van der Waals surface area contributed by atoms with E-state index in [2.05, 4.69) is 11.8 Å². The van der Waals surface area contributed by atoms with E-state index in [1.165, 1.54) is 0 Å². The molecule has 14 heavy (non-hydrogen) atoms. The molecule has 0 aromatic rings. The summed E-state index contributed by atoms with van der Waals surface area (Å²) in [5.41, 5.74) is -0.685. The largest absolute Gasteiger partial charge is 0.299 e. The van der Waals surface area contributed by atoms with Crippen LogP contribution in [0.4, 0.5) is 0 Å². The summed E-state index contributed by atoms with van der Waals surface area (Å²) in [7, 11) is 0. The Labute approximate surface area is 85.1 Å². The van der Waals surface area contributed by atoms with Crippen molar-refractivity contribution in [1.82, 2.24) is 0 Å². The summed E-state index contributed by atoms with van der Waals surface area (Å²) >= 11 is 0. The number of unbranched alkanes of at least 4 members (excludes halogenated alkanes) is 1. The number of rotatable bonds is 3. The summed E-state index contributed by atoms with van der Waals surface area (Å²) in [5.74, 6) is 5.99. The Bertz CT molecular complexity index is 288. The van der Waals surface area contributed by atoms with Crippen molar-refractivity contribution in [3.05, 3.63) is 0 Å². The minimum Gasteiger partial charge on any atom is -0.299 e. The second kappa shape index (κ2) is 4.41. The molecule has 2 heteroatoms. The lowest BCUT2D eigenvalue weighted by atomic mass is 9.81. The zero-order valence-electron chi connectivity index (χ0n) is 8.85. The Kier molecular flexibility index (Phi) is 3.46. The molecule has 0 unspecified atom stereocenters. The molecule has 0 aromatic heterocycles.